The van der Waals surface area contributed by atoms with Gasteiger partial charge in [-0.25, -0.2) is 4.39 Å². The molecule has 0 spiro atoms. The first-order valence-corrected chi connectivity index (χ1v) is 5.52. The van der Waals surface area contributed by atoms with E-state index >= 15 is 0 Å². The number of ketones is 1. The predicted molar refractivity (Wildman–Crippen MR) is 60.5 cm³/mol. The van der Waals surface area contributed by atoms with Crippen molar-refractivity contribution >= 4 is 28.4 Å². The van der Waals surface area contributed by atoms with Crippen molar-refractivity contribution in [1.29, 1.82) is 0 Å². The van der Waals surface area contributed by atoms with Crippen molar-refractivity contribution in [3.8, 4) is 0 Å². The third-order valence-electron chi connectivity index (χ3n) is 2.29. The zero-order valence-electron chi connectivity index (χ0n) is 8.50. The summed E-state index contributed by atoms with van der Waals surface area (Å²) in [5, 5.41) is 0.606. The van der Waals surface area contributed by atoms with Crippen LogP contribution in [0.2, 0.25) is 0 Å². The second-order valence-electron chi connectivity index (χ2n) is 3.51. The number of alkyl halides is 1. The summed E-state index contributed by atoms with van der Waals surface area (Å²) in [4.78, 5) is 11.6. The van der Waals surface area contributed by atoms with Crippen LogP contribution in [0.15, 0.2) is 28.7 Å². The summed E-state index contributed by atoms with van der Waals surface area (Å²) in [5.74, 6) is 0.275. The molecule has 1 aromatic carbocycles. The van der Waals surface area contributed by atoms with Crippen LogP contribution in [0.4, 0.5) is 4.39 Å². The number of carbonyl (C=O) groups is 1. The first-order chi connectivity index (χ1) is 7.70. The van der Waals surface area contributed by atoms with Crippen LogP contribution in [0.25, 0.3) is 11.0 Å². The molecular formula is C12H10ClFO2. The summed E-state index contributed by atoms with van der Waals surface area (Å²) in [7, 11) is 0. The number of Topliss-reactive ketones (excluding diaryl/α,β-unsaturated/α-hetero) is 1. The Labute approximate surface area is 97.0 Å². The summed E-state index contributed by atoms with van der Waals surface area (Å²) in [6.07, 6.45) is 0.970. The van der Waals surface area contributed by atoms with Crippen molar-refractivity contribution < 1.29 is 13.6 Å². The van der Waals surface area contributed by atoms with E-state index in [0.29, 0.717) is 29.7 Å². The van der Waals surface area contributed by atoms with Crippen molar-refractivity contribution in [2.45, 2.75) is 12.8 Å². The number of carbonyl (C=O) groups excluding carboxylic acids is 1. The second kappa shape index (κ2) is 4.66. The van der Waals surface area contributed by atoms with Gasteiger partial charge < -0.3 is 4.42 Å². The molecule has 4 heteroatoms. The van der Waals surface area contributed by atoms with E-state index in [2.05, 4.69) is 0 Å². The fraction of sp³-hybridized carbons (Fsp3) is 0.250. The Bertz CT molecular complexity index is 519. The molecule has 16 heavy (non-hydrogen) atoms. The first kappa shape index (κ1) is 11.1. The van der Waals surface area contributed by atoms with E-state index in [1.165, 1.54) is 18.2 Å². The van der Waals surface area contributed by atoms with E-state index in [1.54, 1.807) is 6.07 Å². The number of fused-ring (bicyclic) bond motifs is 1. The Morgan fingerprint density at radius 3 is 2.94 bits per heavy atom. The van der Waals surface area contributed by atoms with Crippen LogP contribution in [-0.2, 0) is 0 Å². The van der Waals surface area contributed by atoms with Crippen molar-refractivity contribution in [2.24, 2.45) is 0 Å². The topological polar surface area (TPSA) is 30.2 Å². The predicted octanol–water partition coefficient (Wildman–Crippen LogP) is 3.77. The summed E-state index contributed by atoms with van der Waals surface area (Å²) < 4.78 is 18.2. The smallest absolute Gasteiger partial charge is 0.198 e. The van der Waals surface area contributed by atoms with Gasteiger partial charge in [-0.15, -0.1) is 11.6 Å². The number of rotatable bonds is 4. The number of benzene rings is 1. The van der Waals surface area contributed by atoms with Gasteiger partial charge in [-0.2, -0.15) is 0 Å². The van der Waals surface area contributed by atoms with Crippen LogP contribution >= 0.6 is 11.6 Å². The molecule has 2 nitrogen and oxygen atoms in total. The van der Waals surface area contributed by atoms with E-state index in [9.17, 15) is 9.18 Å². The highest BCUT2D eigenvalue weighted by atomic mass is 35.5. The second-order valence-corrected chi connectivity index (χ2v) is 3.89. The van der Waals surface area contributed by atoms with Crippen molar-refractivity contribution in [2.75, 3.05) is 5.88 Å². The monoisotopic (exact) mass is 240 g/mol. The number of furan rings is 1. The van der Waals surface area contributed by atoms with Crippen molar-refractivity contribution in [3.05, 3.63) is 35.8 Å². The molecule has 0 N–H and O–H groups in total. The lowest BCUT2D eigenvalue weighted by Crippen LogP contribution is -1.96. The molecule has 0 saturated heterocycles. The van der Waals surface area contributed by atoms with Crippen LogP contribution in [0.3, 0.4) is 0 Å². The Morgan fingerprint density at radius 2 is 2.19 bits per heavy atom. The lowest BCUT2D eigenvalue weighted by atomic mass is 10.2. The fourth-order valence-electron chi connectivity index (χ4n) is 1.50. The molecule has 1 aromatic heterocycles. The zero-order chi connectivity index (χ0) is 11.5. The summed E-state index contributed by atoms with van der Waals surface area (Å²) in [6.45, 7) is 0. The highest BCUT2D eigenvalue weighted by Crippen LogP contribution is 2.21. The molecule has 84 valence electrons. The highest BCUT2D eigenvalue weighted by Gasteiger charge is 2.11. The summed E-state index contributed by atoms with van der Waals surface area (Å²) in [6, 6.07) is 5.73. The van der Waals surface area contributed by atoms with E-state index in [4.69, 9.17) is 16.0 Å². The lowest BCUT2D eigenvalue weighted by molar-refractivity contribution is 0.0957. The van der Waals surface area contributed by atoms with Crippen LogP contribution in [0.1, 0.15) is 23.4 Å². The number of hydrogen-bond acceptors (Lipinski definition) is 2. The normalized spacial score (nSPS) is 10.9. The fourth-order valence-corrected chi connectivity index (χ4v) is 1.64. The highest BCUT2D eigenvalue weighted by molar-refractivity contribution is 6.18. The molecular weight excluding hydrogens is 231 g/mol. The molecule has 2 aromatic rings. The van der Waals surface area contributed by atoms with E-state index in [-0.39, 0.29) is 17.4 Å². The summed E-state index contributed by atoms with van der Waals surface area (Å²) in [5.41, 5.74) is 0.524. The number of halogens is 2. The van der Waals surface area contributed by atoms with E-state index < -0.39 is 0 Å². The molecule has 0 unspecified atom stereocenters. The largest absolute Gasteiger partial charge is 0.453 e. The average Bonchev–Trinajstić information content (AvgIpc) is 2.68. The summed E-state index contributed by atoms with van der Waals surface area (Å²) >= 11 is 5.50. The molecule has 0 aliphatic heterocycles. The molecule has 0 aliphatic rings. The van der Waals surface area contributed by atoms with Crippen molar-refractivity contribution in [1.82, 2.24) is 0 Å². The Morgan fingerprint density at radius 1 is 1.38 bits per heavy atom. The molecule has 1 heterocycles. The minimum atomic E-state index is -0.340. The molecule has 2 rings (SSSR count). The minimum absolute atomic E-state index is 0.0998. The standard InChI is InChI=1S/C12H10ClFO2/c13-5-1-2-10(15)12-7-8-6-9(14)3-4-11(8)16-12/h3-4,6-7H,1-2,5H2. The van der Waals surface area contributed by atoms with Gasteiger partial charge in [0.25, 0.3) is 0 Å². The van der Waals surface area contributed by atoms with Gasteiger partial charge in [0, 0.05) is 17.7 Å². The van der Waals surface area contributed by atoms with Gasteiger partial charge in [0.1, 0.15) is 11.4 Å². The maximum absolute atomic E-state index is 12.9. The van der Waals surface area contributed by atoms with Gasteiger partial charge in [-0.1, -0.05) is 0 Å². The lowest BCUT2D eigenvalue weighted by Gasteiger charge is -1.92. The van der Waals surface area contributed by atoms with Crippen LogP contribution < -0.4 is 0 Å². The molecule has 0 fully saturated rings. The first-order valence-electron chi connectivity index (χ1n) is 4.99. The molecule has 0 bridgehead atoms. The van der Waals surface area contributed by atoms with Gasteiger partial charge >= 0.3 is 0 Å². The molecule has 0 atom stereocenters. The molecule has 0 aliphatic carbocycles. The molecule has 0 radical (unpaired) electrons. The maximum Gasteiger partial charge on any atom is 0.198 e. The van der Waals surface area contributed by atoms with Gasteiger partial charge in [0.2, 0.25) is 0 Å². The quantitative estimate of drug-likeness (QED) is 0.601. The Hall–Kier alpha value is -1.35. The molecule has 0 saturated carbocycles. The van der Waals surface area contributed by atoms with Gasteiger partial charge in [-0.3, -0.25) is 4.79 Å². The van der Waals surface area contributed by atoms with Crippen LogP contribution in [-0.4, -0.2) is 11.7 Å². The SMILES string of the molecule is O=C(CCCCl)c1cc2cc(F)ccc2o1. The van der Waals surface area contributed by atoms with Crippen LogP contribution in [0, 0.1) is 5.82 Å². The van der Waals surface area contributed by atoms with Crippen molar-refractivity contribution in [3.63, 3.8) is 0 Å². The third kappa shape index (κ3) is 2.25. The third-order valence-corrected chi connectivity index (χ3v) is 2.56. The van der Waals surface area contributed by atoms with Gasteiger partial charge in [0.05, 0.1) is 0 Å². The number of hydrogen-bond donors (Lipinski definition) is 0. The molecule has 0 amide bonds. The Balaban J connectivity index is 2.28. The zero-order valence-corrected chi connectivity index (χ0v) is 9.26. The van der Waals surface area contributed by atoms with Gasteiger partial charge in [-0.05, 0) is 30.7 Å². The van der Waals surface area contributed by atoms with Crippen LogP contribution in [0.5, 0.6) is 0 Å². The average molecular weight is 241 g/mol. The van der Waals surface area contributed by atoms with E-state index in [0.717, 1.165) is 0 Å². The van der Waals surface area contributed by atoms with E-state index in [1.807, 2.05) is 0 Å². The maximum atomic E-state index is 12.9. The van der Waals surface area contributed by atoms with Gasteiger partial charge in [0.15, 0.2) is 11.5 Å². The minimum Gasteiger partial charge on any atom is -0.453 e. The Kier molecular flexibility index (Phi) is 3.25.